The lowest BCUT2D eigenvalue weighted by Crippen LogP contribution is -2.08. The van der Waals surface area contributed by atoms with Crippen molar-refractivity contribution in [2.24, 2.45) is 0 Å². The summed E-state index contributed by atoms with van der Waals surface area (Å²) in [6.45, 7) is 3.58. The van der Waals surface area contributed by atoms with Gasteiger partial charge in [0.05, 0.1) is 18.1 Å². The predicted octanol–water partition coefficient (Wildman–Crippen LogP) is 4.28. The molecule has 0 aliphatic carbocycles. The molecule has 0 fully saturated rings. The molecule has 3 aromatic rings. The molecule has 1 amide bonds. The first kappa shape index (κ1) is 16.6. The van der Waals surface area contributed by atoms with Crippen LogP contribution in [-0.4, -0.2) is 15.9 Å². The third-order valence-corrected chi connectivity index (χ3v) is 3.80. The fraction of sp³-hybridized carbons (Fsp3) is 0.150. The number of nitrogens with one attached hydrogen (secondary N) is 2. The molecule has 25 heavy (non-hydrogen) atoms. The lowest BCUT2D eigenvalue weighted by molar-refractivity contribution is -0.114. The molecule has 2 N–H and O–H groups in total. The second-order valence-corrected chi connectivity index (χ2v) is 5.82. The first-order valence-corrected chi connectivity index (χ1v) is 8.13. The first-order chi connectivity index (χ1) is 12.1. The number of hydrogen-bond acceptors (Lipinski definition) is 4. The van der Waals surface area contributed by atoms with Crippen molar-refractivity contribution in [1.82, 2.24) is 9.97 Å². The Bertz CT molecular complexity index is 847. The molecule has 0 saturated heterocycles. The van der Waals surface area contributed by atoms with Gasteiger partial charge in [-0.2, -0.15) is 0 Å². The largest absolute Gasteiger partial charge is 0.362 e. The van der Waals surface area contributed by atoms with Gasteiger partial charge in [0.25, 0.3) is 0 Å². The van der Waals surface area contributed by atoms with Crippen LogP contribution in [0, 0.1) is 0 Å². The van der Waals surface area contributed by atoms with Crippen molar-refractivity contribution in [2.45, 2.75) is 19.9 Å². The standard InChI is InChI=1S/C20H20N4O/c1-14(16-6-4-3-5-7-16)22-20-13-21-12-19(24-20)17-8-10-18(11-9-17)23-15(2)25/h3-14H,1-2H3,(H,22,24)(H,23,25)/t14-/m1/s1. The molecule has 5 heteroatoms. The van der Waals surface area contributed by atoms with Crippen molar-refractivity contribution >= 4 is 17.4 Å². The molecule has 5 nitrogen and oxygen atoms in total. The van der Waals surface area contributed by atoms with Crippen LogP contribution in [0.2, 0.25) is 0 Å². The summed E-state index contributed by atoms with van der Waals surface area (Å²) >= 11 is 0. The van der Waals surface area contributed by atoms with E-state index in [1.54, 1.807) is 12.4 Å². The van der Waals surface area contributed by atoms with Crippen LogP contribution in [0.3, 0.4) is 0 Å². The van der Waals surface area contributed by atoms with Crippen LogP contribution in [-0.2, 0) is 4.79 Å². The molecule has 1 aromatic heterocycles. The Morgan fingerprint density at radius 3 is 2.40 bits per heavy atom. The number of aromatic nitrogens is 2. The van der Waals surface area contributed by atoms with E-state index in [-0.39, 0.29) is 11.9 Å². The van der Waals surface area contributed by atoms with Crippen LogP contribution in [0.5, 0.6) is 0 Å². The number of rotatable bonds is 5. The van der Waals surface area contributed by atoms with Crippen molar-refractivity contribution in [1.29, 1.82) is 0 Å². The number of carbonyl (C=O) groups excluding carboxylic acids is 1. The lowest BCUT2D eigenvalue weighted by atomic mass is 10.1. The number of carbonyl (C=O) groups is 1. The summed E-state index contributed by atoms with van der Waals surface area (Å²) < 4.78 is 0. The molecule has 126 valence electrons. The van der Waals surface area contributed by atoms with Crippen molar-refractivity contribution in [3.63, 3.8) is 0 Å². The average Bonchev–Trinajstić information content (AvgIpc) is 2.63. The Labute approximate surface area is 147 Å². The smallest absolute Gasteiger partial charge is 0.221 e. The third-order valence-electron chi connectivity index (χ3n) is 3.80. The number of benzene rings is 2. The van der Waals surface area contributed by atoms with Crippen LogP contribution in [0.1, 0.15) is 25.5 Å². The molecule has 0 aliphatic rings. The number of amides is 1. The van der Waals surface area contributed by atoms with Crippen LogP contribution < -0.4 is 10.6 Å². The second-order valence-electron chi connectivity index (χ2n) is 5.82. The SMILES string of the molecule is CC(=O)Nc1ccc(-c2cncc(N[C@H](C)c3ccccc3)n2)cc1. The Hall–Kier alpha value is -3.21. The topological polar surface area (TPSA) is 66.9 Å². The predicted molar refractivity (Wildman–Crippen MR) is 100 cm³/mol. The zero-order chi connectivity index (χ0) is 17.6. The molecule has 3 rings (SSSR count). The molecule has 0 saturated carbocycles. The van der Waals surface area contributed by atoms with E-state index in [1.165, 1.54) is 12.5 Å². The summed E-state index contributed by atoms with van der Waals surface area (Å²) in [5, 5.41) is 6.13. The first-order valence-electron chi connectivity index (χ1n) is 8.13. The highest BCUT2D eigenvalue weighted by Crippen LogP contribution is 2.22. The lowest BCUT2D eigenvalue weighted by Gasteiger charge is -2.15. The Morgan fingerprint density at radius 2 is 1.72 bits per heavy atom. The van der Waals surface area contributed by atoms with E-state index in [0.717, 1.165) is 22.8 Å². The summed E-state index contributed by atoms with van der Waals surface area (Å²) in [4.78, 5) is 20.0. The van der Waals surface area contributed by atoms with E-state index in [4.69, 9.17) is 0 Å². The molecular formula is C20H20N4O. The van der Waals surface area contributed by atoms with Gasteiger partial charge in [-0.05, 0) is 24.6 Å². The van der Waals surface area contributed by atoms with E-state index in [2.05, 4.69) is 39.7 Å². The minimum Gasteiger partial charge on any atom is -0.362 e. The monoisotopic (exact) mass is 332 g/mol. The quantitative estimate of drug-likeness (QED) is 0.732. The van der Waals surface area contributed by atoms with Gasteiger partial charge in [0, 0.05) is 24.2 Å². The summed E-state index contributed by atoms with van der Waals surface area (Å²) in [6.07, 6.45) is 3.44. The average molecular weight is 332 g/mol. The van der Waals surface area contributed by atoms with E-state index in [1.807, 2.05) is 42.5 Å². The maximum absolute atomic E-state index is 11.1. The van der Waals surface area contributed by atoms with E-state index < -0.39 is 0 Å². The van der Waals surface area contributed by atoms with Gasteiger partial charge < -0.3 is 10.6 Å². The fourth-order valence-electron chi connectivity index (χ4n) is 2.55. The Morgan fingerprint density at radius 1 is 1.00 bits per heavy atom. The van der Waals surface area contributed by atoms with Crippen molar-refractivity contribution in [2.75, 3.05) is 10.6 Å². The molecule has 0 unspecified atom stereocenters. The van der Waals surface area contributed by atoms with E-state index >= 15 is 0 Å². The summed E-state index contributed by atoms with van der Waals surface area (Å²) in [5.41, 5.74) is 3.67. The fourth-order valence-corrected chi connectivity index (χ4v) is 2.55. The van der Waals surface area contributed by atoms with E-state index in [0.29, 0.717) is 0 Å². The highest BCUT2D eigenvalue weighted by Gasteiger charge is 2.07. The molecule has 0 spiro atoms. The van der Waals surface area contributed by atoms with Gasteiger partial charge in [0.15, 0.2) is 0 Å². The van der Waals surface area contributed by atoms with Crippen molar-refractivity contribution in [3.05, 3.63) is 72.6 Å². The number of hydrogen-bond donors (Lipinski definition) is 2. The third kappa shape index (κ3) is 4.41. The van der Waals surface area contributed by atoms with Gasteiger partial charge in [0.2, 0.25) is 5.91 Å². The minimum atomic E-state index is -0.0892. The number of nitrogens with zero attached hydrogens (tertiary/aromatic N) is 2. The van der Waals surface area contributed by atoms with Gasteiger partial charge in [-0.15, -0.1) is 0 Å². The van der Waals surface area contributed by atoms with Gasteiger partial charge in [-0.3, -0.25) is 9.78 Å². The van der Waals surface area contributed by atoms with Gasteiger partial charge in [0.1, 0.15) is 5.82 Å². The molecule has 0 radical (unpaired) electrons. The maximum Gasteiger partial charge on any atom is 0.221 e. The summed E-state index contributed by atoms with van der Waals surface area (Å²) in [6, 6.07) is 17.9. The molecule has 1 atom stereocenters. The zero-order valence-corrected chi connectivity index (χ0v) is 14.2. The molecule has 2 aromatic carbocycles. The molecule has 1 heterocycles. The second kappa shape index (κ2) is 7.57. The van der Waals surface area contributed by atoms with Gasteiger partial charge in [-0.25, -0.2) is 4.98 Å². The molecule has 0 bridgehead atoms. The molecule has 0 aliphatic heterocycles. The number of anilines is 2. The summed E-state index contributed by atoms with van der Waals surface area (Å²) in [7, 11) is 0. The minimum absolute atomic E-state index is 0.0892. The summed E-state index contributed by atoms with van der Waals surface area (Å²) in [5.74, 6) is 0.633. The van der Waals surface area contributed by atoms with Crippen LogP contribution >= 0.6 is 0 Å². The Balaban J connectivity index is 1.76. The normalized spacial score (nSPS) is 11.6. The van der Waals surface area contributed by atoms with Crippen molar-refractivity contribution < 1.29 is 4.79 Å². The van der Waals surface area contributed by atoms with Crippen LogP contribution in [0.15, 0.2) is 67.0 Å². The van der Waals surface area contributed by atoms with Crippen molar-refractivity contribution in [3.8, 4) is 11.3 Å². The van der Waals surface area contributed by atoms with Gasteiger partial charge in [-0.1, -0.05) is 42.5 Å². The maximum atomic E-state index is 11.1. The zero-order valence-electron chi connectivity index (χ0n) is 14.2. The Kier molecular flexibility index (Phi) is 5.04. The van der Waals surface area contributed by atoms with Crippen LogP contribution in [0.4, 0.5) is 11.5 Å². The van der Waals surface area contributed by atoms with Crippen LogP contribution in [0.25, 0.3) is 11.3 Å². The highest BCUT2D eigenvalue weighted by atomic mass is 16.1. The highest BCUT2D eigenvalue weighted by molar-refractivity contribution is 5.88. The molecular weight excluding hydrogens is 312 g/mol. The van der Waals surface area contributed by atoms with Gasteiger partial charge >= 0.3 is 0 Å². The van der Waals surface area contributed by atoms with E-state index in [9.17, 15) is 4.79 Å².